The van der Waals surface area contributed by atoms with E-state index in [0.29, 0.717) is 60.9 Å². The first kappa shape index (κ1) is 25.0. The van der Waals surface area contributed by atoms with E-state index in [4.69, 9.17) is 22.3 Å². The Labute approximate surface area is 221 Å². The smallest absolute Gasteiger partial charge is 0.320 e. The van der Waals surface area contributed by atoms with E-state index in [1.807, 2.05) is 66.4 Å². The van der Waals surface area contributed by atoms with Crippen molar-refractivity contribution in [2.24, 2.45) is 5.73 Å². The first-order valence-electron chi connectivity index (χ1n) is 12.5. The van der Waals surface area contributed by atoms with Crippen molar-refractivity contribution in [3.8, 4) is 0 Å². The Balaban J connectivity index is 1.65. The predicted octanol–water partition coefficient (Wildman–Crippen LogP) is 4.73. The average Bonchev–Trinajstić information content (AvgIpc) is 2.90. The number of rotatable bonds is 7. The minimum absolute atomic E-state index is 0.103. The van der Waals surface area contributed by atoms with E-state index in [9.17, 15) is 9.59 Å². The predicted molar refractivity (Wildman–Crippen MR) is 147 cm³/mol. The summed E-state index contributed by atoms with van der Waals surface area (Å²) in [5.74, 6) is 0.566. The van der Waals surface area contributed by atoms with Crippen molar-refractivity contribution < 1.29 is 4.79 Å². The van der Waals surface area contributed by atoms with Gasteiger partial charge in [0.15, 0.2) is 0 Å². The Hall–Kier alpha value is -3.68. The Morgan fingerprint density at radius 2 is 1.70 bits per heavy atom. The highest BCUT2D eigenvalue weighted by Gasteiger charge is 2.36. The van der Waals surface area contributed by atoms with E-state index in [-0.39, 0.29) is 17.6 Å². The summed E-state index contributed by atoms with van der Waals surface area (Å²) in [5, 5.41) is 1.01. The number of carbonyl (C=O) groups is 1. The summed E-state index contributed by atoms with van der Waals surface area (Å²) in [5.41, 5.74) is 9.34. The molecule has 0 aliphatic carbocycles. The number of amides is 2. The lowest BCUT2D eigenvalue weighted by molar-refractivity contribution is 0.0902. The van der Waals surface area contributed by atoms with Crippen molar-refractivity contribution in [3.05, 3.63) is 111 Å². The van der Waals surface area contributed by atoms with Crippen LogP contribution in [0.1, 0.15) is 35.0 Å². The molecule has 0 radical (unpaired) electrons. The van der Waals surface area contributed by atoms with Crippen molar-refractivity contribution in [2.75, 3.05) is 19.6 Å². The van der Waals surface area contributed by atoms with Crippen LogP contribution in [-0.2, 0) is 13.1 Å². The van der Waals surface area contributed by atoms with Gasteiger partial charge in [0.25, 0.3) is 5.56 Å². The van der Waals surface area contributed by atoms with E-state index in [1.165, 1.54) is 0 Å². The highest BCUT2D eigenvalue weighted by Crippen LogP contribution is 2.31. The number of aryl methyl sites for hydroxylation is 1. The second kappa shape index (κ2) is 10.7. The Kier molecular flexibility index (Phi) is 7.26. The van der Waals surface area contributed by atoms with Crippen molar-refractivity contribution in [1.29, 1.82) is 0 Å². The highest BCUT2D eigenvalue weighted by molar-refractivity contribution is 6.31. The van der Waals surface area contributed by atoms with Gasteiger partial charge in [-0.2, -0.15) is 0 Å². The molecule has 0 spiro atoms. The van der Waals surface area contributed by atoms with Gasteiger partial charge in [-0.3, -0.25) is 9.36 Å². The van der Waals surface area contributed by atoms with Gasteiger partial charge >= 0.3 is 6.03 Å². The normalized spacial score (nSPS) is 16.0. The van der Waals surface area contributed by atoms with Gasteiger partial charge in [-0.05, 0) is 42.7 Å². The molecular formula is C29H30ClN5O2. The number of urea groups is 1. The summed E-state index contributed by atoms with van der Waals surface area (Å²) < 4.78 is 1.71. The number of carbonyl (C=O) groups excluding carboxylic acids is 1. The quantitative estimate of drug-likeness (QED) is 0.385. The van der Waals surface area contributed by atoms with E-state index in [2.05, 4.69) is 0 Å². The average molecular weight is 516 g/mol. The molecule has 37 heavy (non-hydrogen) atoms. The molecular weight excluding hydrogens is 486 g/mol. The van der Waals surface area contributed by atoms with Crippen LogP contribution in [-0.4, -0.2) is 45.0 Å². The van der Waals surface area contributed by atoms with Crippen molar-refractivity contribution in [1.82, 2.24) is 19.4 Å². The fourth-order valence-corrected chi connectivity index (χ4v) is 5.10. The van der Waals surface area contributed by atoms with E-state index < -0.39 is 0 Å². The van der Waals surface area contributed by atoms with Crippen LogP contribution in [0.25, 0.3) is 10.9 Å². The van der Waals surface area contributed by atoms with E-state index >= 15 is 0 Å². The van der Waals surface area contributed by atoms with Gasteiger partial charge in [-0.15, -0.1) is 0 Å². The van der Waals surface area contributed by atoms with Gasteiger partial charge in [-0.25, -0.2) is 9.78 Å². The lowest BCUT2D eigenvalue weighted by Crippen LogP contribution is -2.52. The third kappa shape index (κ3) is 5.24. The molecule has 190 valence electrons. The summed E-state index contributed by atoms with van der Waals surface area (Å²) in [6, 6.07) is 22.6. The molecule has 2 amide bonds. The third-order valence-corrected chi connectivity index (χ3v) is 7.10. The molecule has 1 unspecified atom stereocenters. The number of hydrogen-bond donors (Lipinski definition) is 1. The molecule has 1 fully saturated rings. The fourth-order valence-electron chi connectivity index (χ4n) is 4.93. The first-order chi connectivity index (χ1) is 17.9. The van der Waals surface area contributed by atoms with Gasteiger partial charge in [0, 0.05) is 31.2 Å². The number of nitrogens with two attached hydrogens (primary N) is 1. The van der Waals surface area contributed by atoms with Crippen LogP contribution < -0.4 is 11.3 Å². The van der Waals surface area contributed by atoms with Gasteiger partial charge in [0.05, 0.1) is 23.5 Å². The summed E-state index contributed by atoms with van der Waals surface area (Å²) >= 11 is 6.27. The molecule has 1 atom stereocenters. The largest absolute Gasteiger partial charge is 0.329 e. The van der Waals surface area contributed by atoms with Crippen LogP contribution in [0.5, 0.6) is 0 Å². The Morgan fingerprint density at radius 3 is 2.43 bits per heavy atom. The maximum absolute atomic E-state index is 13.8. The zero-order valence-electron chi connectivity index (χ0n) is 20.8. The highest BCUT2D eigenvalue weighted by atomic mass is 35.5. The zero-order valence-corrected chi connectivity index (χ0v) is 21.6. The van der Waals surface area contributed by atoms with Crippen molar-refractivity contribution in [3.63, 3.8) is 0 Å². The summed E-state index contributed by atoms with van der Waals surface area (Å²) in [6.45, 7) is 4.21. The van der Waals surface area contributed by atoms with Crippen LogP contribution in [0.2, 0.25) is 5.02 Å². The van der Waals surface area contributed by atoms with Crippen molar-refractivity contribution >= 4 is 28.5 Å². The maximum atomic E-state index is 13.8. The number of fused-ring (bicyclic) bond motifs is 1. The van der Waals surface area contributed by atoms with Crippen molar-refractivity contribution in [2.45, 2.75) is 32.5 Å². The minimum Gasteiger partial charge on any atom is -0.329 e. The van der Waals surface area contributed by atoms with E-state index in [0.717, 1.165) is 16.7 Å². The molecule has 0 bridgehead atoms. The molecule has 0 saturated carbocycles. The van der Waals surface area contributed by atoms with Gasteiger partial charge in [-0.1, -0.05) is 71.8 Å². The lowest BCUT2D eigenvalue weighted by Gasteiger charge is -2.41. The summed E-state index contributed by atoms with van der Waals surface area (Å²) in [6.07, 6.45) is 0.630. The maximum Gasteiger partial charge on any atom is 0.320 e. The fraction of sp³-hybridized carbons (Fsp3) is 0.276. The second-order valence-electron chi connectivity index (χ2n) is 9.48. The molecule has 1 aromatic heterocycles. The first-order valence-corrected chi connectivity index (χ1v) is 12.9. The number of halogens is 1. The topological polar surface area (TPSA) is 84.5 Å². The molecule has 3 aromatic carbocycles. The molecule has 2 heterocycles. The number of hydrogen-bond acceptors (Lipinski definition) is 4. The molecule has 4 aromatic rings. The van der Waals surface area contributed by atoms with Gasteiger partial charge < -0.3 is 15.5 Å². The van der Waals surface area contributed by atoms with Crippen LogP contribution in [0.3, 0.4) is 0 Å². The zero-order chi connectivity index (χ0) is 25.9. The Morgan fingerprint density at radius 1 is 0.973 bits per heavy atom. The SMILES string of the molecule is Cc1ccc(CN2C(=O)N(CCN)CCC2c2nc3cc(Cl)ccc3c(=O)n2Cc2ccccc2)cc1. The molecule has 8 heteroatoms. The molecule has 1 saturated heterocycles. The third-order valence-electron chi connectivity index (χ3n) is 6.87. The molecule has 5 rings (SSSR count). The van der Waals surface area contributed by atoms with Crippen LogP contribution in [0, 0.1) is 6.92 Å². The molecule has 1 aliphatic rings. The Bertz CT molecular complexity index is 1470. The summed E-state index contributed by atoms with van der Waals surface area (Å²) in [7, 11) is 0. The molecule has 1 aliphatic heterocycles. The number of aromatic nitrogens is 2. The standard InChI is InChI=1S/C29H30ClN5O2/c1-20-7-9-22(10-8-20)18-34-26(13-15-33(16-14-31)29(34)37)27-32-25-17-23(30)11-12-24(25)28(36)35(27)19-21-5-3-2-4-6-21/h2-12,17,26H,13-16,18-19,31H2,1H3. The molecule has 2 N–H and O–H groups in total. The monoisotopic (exact) mass is 515 g/mol. The van der Waals surface area contributed by atoms with E-state index in [1.54, 1.807) is 27.7 Å². The number of benzene rings is 3. The van der Waals surface area contributed by atoms with Crippen LogP contribution in [0.15, 0.2) is 77.6 Å². The number of nitrogens with zero attached hydrogens (tertiary/aromatic N) is 4. The van der Waals surface area contributed by atoms with Gasteiger partial charge in [0.2, 0.25) is 0 Å². The summed E-state index contributed by atoms with van der Waals surface area (Å²) in [4.78, 5) is 36.1. The minimum atomic E-state index is -0.386. The van der Waals surface area contributed by atoms with Crippen LogP contribution >= 0.6 is 11.6 Å². The van der Waals surface area contributed by atoms with Gasteiger partial charge in [0.1, 0.15) is 5.82 Å². The second-order valence-corrected chi connectivity index (χ2v) is 9.92. The van der Waals surface area contributed by atoms with Crippen LogP contribution in [0.4, 0.5) is 4.79 Å². The molecule has 7 nitrogen and oxygen atoms in total. The lowest BCUT2D eigenvalue weighted by atomic mass is 10.0.